The van der Waals surface area contributed by atoms with Crippen LogP contribution >= 0.6 is 43.6 Å². The van der Waals surface area contributed by atoms with E-state index in [0.29, 0.717) is 34.8 Å². The Bertz CT molecular complexity index is 2100. The second-order valence-corrected chi connectivity index (χ2v) is 15.9. The van der Waals surface area contributed by atoms with Gasteiger partial charge in [0, 0.05) is 35.1 Å². The Balaban J connectivity index is 1.11. The number of anilines is 1. The summed E-state index contributed by atoms with van der Waals surface area (Å²) < 4.78 is 14.0. The second kappa shape index (κ2) is 15.3. The maximum atomic E-state index is 13.3. The van der Waals surface area contributed by atoms with Gasteiger partial charge in [0.1, 0.15) is 6.61 Å². The van der Waals surface area contributed by atoms with E-state index in [0.717, 1.165) is 51.7 Å². The maximum absolute atomic E-state index is 13.3. The molecule has 0 saturated carbocycles. The van der Waals surface area contributed by atoms with Crippen molar-refractivity contribution in [3.63, 3.8) is 0 Å². The fraction of sp³-hybridized carbons (Fsp3) is 0.209. The number of benzene rings is 5. The highest BCUT2D eigenvalue weighted by Crippen LogP contribution is 2.50. The van der Waals surface area contributed by atoms with Crippen LogP contribution in [0.3, 0.4) is 0 Å². The van der Waals surface area contributed by atoms with Crippen molar-refractivity contribution < 1.29 is 14.3 Å². The molecular weight excluding hydrogens is 798 g/mol. The summed E-state index contributed by atoms with van der Waals surface area (Å²) >= 11 is 8.53. The largest absolute Gasteiger partial charge is 0.490 e. The van der Waals surface area contributed by atoms with Gasteiger partial charge in [-0.15, -0.1) is 0 Å². The molecule has 0 unspecified atom stereocenters. The first-order valence-electron chi connectivity index (χ1n) is 17.6. The topological polar surface area (TPSA) is 63.2 Å². The number of thioether (sulfide) groups is 1. The van der Waals surface area contributed by atoms with E-state index in [4.69, 9.17) is 14.5 Å². The van der Waals surface area contributed by atoms with Crippen molar-refractivity contribution in [2.45, 2.75) is 38.2 Å². The highest BCUT2D eigenvalue weighted by Gasteiger charge is 2.35. The van der Waals surface area contributed by atoms with Crippen molar-refractivity contribution in [2.75, 3.05) is 24.6 Å². The summed E-state index contributed by atoms with van der Waals surface area (Å²) in [6, 6.07) is 38.0. The van der Waals surface area contributed by atoms with Gasteiger partial charge in [-0.05, 0) is 123 Å². The second-order valence-electron chi connectivity index (χ2n) is 13.1. The summed E-state index contributed by atoms with van der Waals surface area (Å²) in [7, 11) is 0. The lowest BCUT2D eigenvalue weighted by atomic mass is 9.76. The molecule has 9 heteroatoms. The molecule has 2 atom stereocenters. The van der Waals surface area contributed by atoms with Gasteiger partial charge in [-0.3, -0.25) is 4.79 Å². The number of hydrogen-bond donors (Lipinski definition) is 1. The van der Waals surface area contributed by atoms with E-state index in [2.05, 4.69) is 115 Å². The molecule has 5 aromatic rings. The average Bonchev–Trinajstić information content (AvgIpc) is 3.50. The zero-order valence-electron chi connectivity index (χ0n) is 28.7. The lowest BCUT2D eigenvalue weighted by molar-refractivity contribution is -0.115. The SMILES string of the molecule is CCOc1cc(/C=C2\SC(=Nc3cc4c5c(c3)[C@H](c3ccccc3)CCN5CC[C@@H]4c3ccccc3)NC2=O)cc(Br)c1OCc1ccc(Br)cc1. The van der Waals surface area contributed by atoms with Crippen LogP contribution in [0.4, 0.5) is 11.4 Å². The molecule has 6 nitrogen and oxygen atoms in total. The summed E-state index contributed by atoms with van der Waals surface area (Å²) in [5.74, 6) is 1.61. The van der Waals surface area contributed by atoms with Crippen molar-refractivity contribution in [2.24, 2.45) is 4.99 Å². The van der Waals surface area contributed by atoms with Crippen LogP contribution in [-0.4, -0.2) is 30.8 Å². The van der Waals surface area contributed by atoms with Gasteiger partial charge in [0.15, 0.2) is 16.7 Å². The van der Waals surface area contributed by atoms with Crippen LogP contribution in [0.1, 0.15) is 65.0 Å². The molecule has 1 fully saturated rings. The highest BCUT2D eigenvalue weighted by molar-refractivity contribution is 9.10. The molecule has 1 amide bonds. The summed E-state index contributed by atoms with van der Waals surface area (Å²) in [6.07, 6.45) is 3.98. The number of nitrogens with zero attached hydrogens (tertiary/aromatic N) is 2. The molecule has 0 aromatic heterocycles. The lowest BCUT2D eigenvalue weighted by Gasteiger charge is -2.43. The van der Waals surface area contributed by atoms with Gasteiger partial charge in [-0.1, -0.05) is 88.7 Å². The van der Waals surface area contributed by atoms with Crippen LogP contribution in [-0.2, 0) is 11.4 Å². The fourth-order valence-electron chi connectivity index (χ4n) is 7.46. The molecule has 0 aliphatic carbocycles. The van der Waals surface area contributed by atoms with Crippen molar-refractivity contribution in [3.05, 3.63) is 156 Å². The van der Waals surface area contributed by atoms with Crippen LogP contribution in [0.15, 0.2) is 128 Å². The van der Waals surface area contributed by atoms with Crippen molar-refractivity contribution >= 4 is 72.1 Å². The third-order valence-electron chi connectivity index (χ3n) is 9.81. The quantitative estimate of drug-likeness (QED) is 0.150. The zero-order valence-corrected chi connectivity index (χ0v) is 32.6. The van der Waals surface area contributed by atoms with E-state index in [1.807, 2.05) is 49.4 Å². The molecule has 8 rings (SSSR count). The minimum Gasteiger partial charge on any atom is -0.490 e. The molecule has 3 aliphatic rings. The molecule has 0 radical (unpaired) electrons. The number of aliphatic imine (C=N–C) groups is 1. The van der Waals surface area contributed by atoms with Crippen molar-refractivity contribution in [1.82, 2.24) is 5.32 Å². The molecule has 1 N–H and O–H groups in total. The number of amides is 1. The summed E-state index contributed by atoms with van der Waals surface area (Å²) in [4.78, 5) is 21.6. The maximum Gasteiger partial charge on any atom is 0.264 e. The van der Waals surface area contributed by atoms with Gasteiger partial charge in [0.25, 0.3) is 5.91 Å². The van der Waals surface area contributed by atoms with Gasteiger partial charge in [-0.2, -0.15) is 0 Å². The third kappa shape index (κ3) is 7.31. The first-order chi connectivity index (χ1) is 25.4. The summed E-state index contributed by atoms with van der Waals surface area (Å²) in [6.45, 7) is 4.88. The van der Waals surface area contributed by atoms with Gasteiger partial charge in [0.2, 0.25) is 0 Å². The molecular formula is C43H37Br2N3O3S. The van der Waals surface area contributed by atoms with Crippen LogP contribution in [0.5, 0.6) is 11.5 Å². The van der Waals surface area contributed by atoms with Gasteiger partial charge in [-0.25, -0.2) is 4.99 Å². The monoisotopic (exact) mass is 833 g/mol. The van der Waals surface area contributed by atoms with E-state index >= 15 is 0 Å². The smallest absolute Gasteiger partial charge is 0.264 e. The Morgan fingerprint density at radius 2 is 1.48 bits per heavy atom. The zero-order chi connectivity index (χ0) is 35.6. The molecule has 1 saturated heterocycles. The van der Waals surface area contributed by atoms with Crippen molar-refractivity contribution in [3.8, 4) is 11.5 Å². The third-order valence-corrected chi connectivity index (χ3v) is 11.8. The minimum atomic E-state index is -0.178. The number of halogens is 2. The standard InChI is InChI=1S/C43H37Br2N3O3S/c1-2-50-38-22-28(21-37(45)41(38)51-26-27-13-15-31(44)16-14-27)23-39-42(49)47-43(52-39)46-32-24-35-33(29-9-5-3-6-10-29)17-19-48-20-18-34(36(25-32)40(35)48)30-11-7-4-8-12-30/h3-16,21-25,33-34H,2,17-20,26H2,1H3,(H,46,47,49)/b39-23-/t33-,34+. The molecule has 0 spiro atoms. The molecule has 52 heavy (non-hydrogen) atoms. The molecule has 262 valence electrons. The number of ether oxygens (including phenoxy) is 2. The van der Waals surface area contributed by atoms with E-state index in [1.165, 1.54) is 39.7 Å². The molecule has 3 aliphatic heterocycles. The first kappa shape index (κ1) is 34.8. The van der Waals surface area contributed by atoms with Crippen LogP contribution in [0.2, 0.25) is 0 Å². The van der Waals surface area contributed by atoms with Crippen molar-refractivity contribution in [1.29, 1.82) is 0 Å². The van der Waals surface area contributed by atoms with Gasteiger partial charge < -0.3 is 19.7 Å². The van der Waals surface area contributed by atoms with E-state index in [9.17, 15) is 4.79 Å². The fourth-order valence-corrected chi connectivity index (χ4v) is 9.14. The highest BCUT2D eigenvalue weighted by atomic mass is 79.9. The number of amidine groups is 1. The Morgan fingerprint density at radius 3 is 2.10 bits per heavy atom. The predicted molar refractivity (Wildman–Crippen MR) is 219 cm³/mol. The summed E-state index contributed by atoms with van der Waals surface area (Å²) in [5.41, 5.74) is 9.36. The lowest BCUT2D eigenvalue weighted by Crippen LogP contribution is -2.37. The molecule has 0 bridgehead atoms. The van der Waals surface area contributed by atoms with Gasteiger partial charge in [0.05, 0.1) is 21.7 Å². The average molecular weight is 836 g/mol. The van der Waals surface area contributed by atoms with Crippen LogP contribution < -0.4 is 19.7 Å². The van der Waals surface area contributed by atoms with Gasteiger partial charge >= 0.3 is 0 Å². The molecule has 5 aromatic carbocycles. The van der Waals surface area contributed by atoms with E-state index < -0.39 is 0 Å². The Hall–Kier alpha value is -4.31. The number of carbonyl (C=O) groups excluding carboxylic acids is 1. The Labute approximate surface area is 325 Å². The van der Waals surface area contributed by atoms with E-state index in [1.54, 1.807) is 0 Å². The number of hydrogen-bond acceptors (Lipinski definition) is 6. The minimum absolute atomic E-state index is 0.178. The number of rotatable bonds is 9. The Kier molecular flexibility index (Phi) is 10.3. The Morgan fingerprint density at radius 1 is 0.846 bits per heavy atom. The number of nitrogens with one attached hydrogen (secondary N) is 1. The first-order valence-corrected chi connectivity index (χ1v) is 20.0. The van der Waals surface area contributed by atoms with Crippen LogP contribution in [0, 0.1) is 0 Å². The predicted octanol–water partition coefficient (Wildman–Crippen LogP) is 11.0. The number of carbonyl (C=O) groups is 1. The van der Waals surface area contributed by atoms with Crippen LogP contribution in [0.25, 0.3) is 6.08 Å². The summed E-state index contributed by atoms with van der Waals surface area (Å²) in [5, 5.41) is 3.60. The molecule has 3 heterocycles. The normalized spacial score (nSPS) is 19.4. The van der Waals surface area contributed by atoms with E-state index in [-0.39, 0.29) is 17.7 Å².